The van der Waals surface area contributed by atoms with Gasteiger partial charge in [0.15, 0.2) is 0 Å². The molecule has 1 N–H and O–H groups in total. The lowest BCUT2D eigenvalue weighted by molar-refractivity contribution is -0.135. The number of thiophene rings is 1. The highest BCUT2D eigenvalue weighted by Crippen LogP contribution is 2.34. The van der Waals surface area contributed by atoms with E-state index in [4.69, 9.17) is 0 Å². The van der Waals surface area contributed by atoms with Crippen LogP contribution in [-0.4, -0.2) is 12.7 Å². The third-order valence-corrected chi connectivity index (χ3v) is 4.25. The second kappa shape index (κ2) is 5.82. The Morgan fingerprint density at radius 1 is 1.16 bits per heavy atom. The van der Waals surface area contributed by atoms with Crippen LogP contribution in [0.1, 0.15) is 24.8 Å². The fourth-order valence-corrected chi connectivity index (χ4v) is 3.13. The maximum absolute atomic E-state index is 12.0. The van der Waals surface area contributed by atoms with Crippen molar-refractivity contribution in [3.8, 4) is 0 Å². The molecular weight excluding hydrogens is 271 g/mol. The second-order valence-electron chi connectivity index (χ2n) is 4.55. The number of hydrogen-bond acceptors (Lipinski definition) is 2. The monoisotopic (exact) mass is 287 g/mol. The van der Waals surface area contributed by atoms with Gasteiger partial charge in [-0.3, -0.25) is 0 Å². The van der Waals surface area contributed by atoms with E-state index < -0.39 is 12.6 Å². The Morgan fingerprint density at radius 3 is 2.58 bits per heavy atom. The van der Waals surface area contributed by atoms with E-state index in [9.17, 15) is 13.2 Å². The first-order chi connectivity index (χ1) is 8.97. The smallest absolute Gasteiger partial charge is 0.377 e. The lowest BCUT2D eigenvalue weighted by Crippen LogP contribution is -2.08. The van der Waals surface area contributed by atoms with Gasteiger partial charge in [0.1, 0.15) is 0 Å². The summed E-state index contributed by atoms with van der Waals surface area (Å²) >= 11 is 1.65. The first kappa shape index (κ1) is 14.2. The average molecular weight is 287 g/mol. The number of nitrogens with one attached hydrogen (secondary N) is 1. The van der Waals surface area contributed by atoms with Gasteiger partial charge in [0.05, 0.1) is 5.00 Å². The Balaban J connectivity index is 1.87. The number of rotatable bonds is 5. The van der Waals surface area contributed by atoms with Crippen LogP contribution >= 0.6 is 11.3 Å². The van der Waals surface area contributed by atoms with Crippen LogP contribution in [0.25, 0.3) is 10.1 Å². The van der Waals surface area contributed by atoms with E-state index in [1.54, 1.807) is 11.3 Å². The summed E-state index contributed by atoms with van der Waals surface area (Å²) in [5, 5.41) is 5.52. The lowest BCUT2D eigenvalue weighted by atomic mass is 10.2. The van der Waals surface area contributed by atoms with Gasteiger partial charge < -0.3 is 5.32 Å². The predicted molar refractivity (Wildman–Crippen MR) is 75.0 cm³/mol. The normalized spacial score (nSPS) is 12.0. The zero-order chi connectivity index (χ0) is 13.9. The van der Waals surface area contributed by atoms with Crippen molar-refractivity contribution in [2.24, 2.45) is 0 Å². The minimum atomic E-state index is -4.03. The van der Waals surface area contributed by atoms with Crippen LogP contribution in [0.15, 0.2) is 24.3 Å². The summed E-state index contributed by atoms with van der Waals surface area (Å²) in [5.41, 5.74) is 1.18. The molecular formula is C14H16F3NS. The molecule has 1 nitrogen and oxygen atoms in total. The molecule has 0 amide bonds. The van der Waals surface area contributed by atoms with Crippen molar-refractivity contribution in [2.45, 2.75) is 32.4 Å². The van der Waals surface area contributed by atoms with Crippen molar-refractivity contribution in [2.75, 3.05) is 11.9 Å². The molecule has 0 saturated carbocycles. The van der Waals surface area contributed by atoms with Crippen molar-refractivity contribution in [3.63, 3.8) is 0 Å². The van der Waals surface area contributed by atoms with E-state index >= 15 is 0 Å². The molecule has 1 aromatic carbocycles. The number of benzene rings is 1. The van der Waals surface area contributed by atoms with E-state index in [1.165, 1.54) is 15.6 Å². The number of halogens is 3. The number of alkyl halides is 3. The van der Waals surface area contributed by atoms with E-state index in [-0.39, 0.29) is 6.42 Å². The SMILES string of the molecule is Cc1c(NCCCCC(F)(F)F)sc2ccccc12. The third kappa shape index (κ3) is 3.86. The predicted octanol–water partition coefficient (Wildman–Crippen LogP) is 5.35. The van der Waals surface area contributed by atoms with E-state index in [2.05, 4.69) is 17.4 Å². The van der Waals surface area contributed by atoms with E-state index in [0.717, 1.165) is 5.00 Å². The zero-order valence-corrected chi connectivity index (χ0v) is 11.5. The number of fused-ring (bicyclic) bond motifs is 1. The largest absolute Gasteiger partial charge is 0.389 e. The maximum atomic E-state index is 12.0. The minimum absolute atomic E-state index is 0.181. The average Bonchev–Trinajstić information content (AvgIpc) is 2.65. The fraction of sp³-hybridized carbons (Fsp3) is 0.429. The standard InChI is InChI=1S/C14H16F3NS/c1-10-11-6-2-3-7-12(11)19-13(10)18-9-5-4-8-14(15,16)17/h2-3,6-7,18H,4-5,8-9H2,1H3. The molecule has 1 aromatic heterocycles. The zero-order valence-electron chi connectivity index (χ0n) is 10.7. The number of hydrogen-bond donors (Lipinski definition) is 1. The van der Waals surface area contributed by atoms with Gasteiger partial charge in [0, 0.05) is 17.7 Å². The summed E-state index contributed by atoms with van der Waals surface area (Å²) in [5.74, 6) is 0. The molecule has 0 saturated heterocycles. The van der Waals surface area contributed by atoms with Crippen LogP contribution in [0.4, 0.5) is 18.2 Å². The summed E-state index contributed by atoms with van der Waals surface area (Å²) in [7, 11) is 0. The Morgan fingerprint density at radius 2 is 1.89 bits per heavy atom. The molecule has 5 heteroatoms. The Labute approximate surface area is 114 Å². The lowest BCUT2D eigenvalue weighted by Gasteiger charge is -2.07. The van der Waals surface area contributed by atoms with Crippen LogP contribution in [0, 0.1) is 6.92 Å². The van der Waals surface area contributed by atoms with Gasteiger partial charge in [0.2, 0.25) is 0 Å². The number of aryl methyl sites for hydroxylation is 1. The van der Waals surface area contributed by atoms with E-state index in [1.807, 2.05) is 19.1 Å². The molecule has 1 heterocycles. The Hall–Kier alpha value is -1.23. The fourth-order valence-electron chi connectivity index (χ4n) is 2.00. The first-order valence-electron chi connectivity index (χ1n) is 6.26. The molecule has 0 atom stereocenters. The van der Waals surface area contributed by atoms with Crippen molar-refractivity contribution in [3.05, 3.63) is 29.8 Å². The van der Waals surface area contributed by atoms with E-state index in [0.29, 0.717) is 13.0 Å². The molecule has 2 aromatic rings. The van der Waals surface area contributed by atoms with Gasteiger partial charge in [0.25, 0.3) is 0 Å². The molecule has 19 heavy (non-hydrogen) atoms. The van der Waals surface area contributed by atoms with Gasteiger partial charge in [-0.1, -0.05) is 18.2 Å². The molecule has 0 radical (unpaired) electrons. The van der Waals surface area contributed by atoms with Crippen LogP contribution in [-0.2, 0) is 0 Å². The van der Waals surface area contributed by atoms with Crippen molar-refractivity contribution in [1.82, 2.24) is 0 Å². The molecule has 2 rings (SSSR count). The minimum Gasteiger partial charge on any atom is -0.377 e. The van der Waals surface area contributed by atoms with Crippen LogP contribution in [0.2, 0.25) is 0 Å². The summed E-state index contributed by atoms with van der Waals surface area (Å²) in [6, 6.07) is 8.11. The maximum Gasteiger partial charge on any atom is 0.389 e. The quantitative estimate of drug-likeness (QED) is 0.730. The van der Waals surface area contributed by atoms with Gasteiger partial charge in [-0.2, -0.15) is 13.2 Å². The molecule has 0 fully saturated rings. The second-order valence-corrected chi connectivity index (χ2v) is 5.60. The molecule has 0 aliphatic carbocycles. The topological polar surface area (TPSA) is 12.0 Å². The number of anilines is 1. The molecule has 104 valence electrons. The number of unbranched alkanes of at least 4 members (excludes halogenated alkanes) is 1. The van der Waals surface area contributed by atoms with Gasteiger partial charge in [-0.15, -0.1) is 11.3 Å². The highest BCUT2D eigenvalue weighted by atomic mass is 32.1. The van der Waals surface area contributed by atoms with Crippen molar-refractivity contribution in [1.29, 1.82) is 0 Å². The van der Waals surface area contributed by atoms with Crippen LogP contribution in [0.3, 0.4) is 0 Å². The third-order valence-electron chi connectivity index (χ3n) is 3.02. The van der Waals surface area contributed by atoms with Gasteiger partial charge >= 0.3 is 6.18 Å². The van der Waals surface area contributed by atoms with Crippen LogP contribution in [0.5, 0.6) is 0 Å². The summed E-state index contributed by atoms with van der Waals surface area (Å²) in [6.07, 6.45) is -4.01. The van der Waals surface area contributed by atoms with Crippen molar-refractivity contribution >= 4 is 26.4 Å². The molecule has 0 unspecified atom stereocenters. The summed E-state index contributed by atoms with van der Waals surface area (Å²) in [4.78, 5) is 0. The Kier molecular flexibility index (Phi) is 4.34. The highest BCUT2D eigenvalue weighted by molar-refractivity contribution is 7.23. The van der Waals surface area contributed by atoms with Gasteiger partial charge in [-0.05, 0) is 36.8 Å². The highest BCUT2D eigenvalue weighted by Gasteiger charge is 2.25. The van der Waals surface area contributed by atoms with Crippen molar-refractivity contribution < 1.29 is 13.2 Å². The summed E-state index contributed by atoms with van der Waals surface area (Å²) in [6.45, 7) is 2.63. The molecule has 0 bridgehead atoms. The Bertz CT molecular complexity index is 545. The first-order valence-corrected chi connectivity index (χ1v) is 7.08. The van der Waals surface area contributed by atoms with Gasteiger partial charge in [-0.25, -0.2) is 0 Å². The molecule has 0 aliphatic rings. The summed E-state index contributed by atoms with van der Waals surface area (Å²) < 4.78 is 37.2. The molecule has 0 spiro atoms. The molecule has 0 aliphatic heterocycles. The van der Waals surface area contributed by atoms with Crippen LogP contribution < -0.4 is 5.32 Å².